The first-order chi connectivity index (χ1) is 16.0. The third-order valence-electron chi connectivity index (χ3n) is 5.11. The quantitative estimate of drug-likeness (QED) is 0.153. The summed E-state index contributed by atoms with van der Waals surface area (Å²) in [6.07, 6.45) is 0. The first kappa shape index (κ1) is 26.8. The molecule has 4 rings (SSSR count). The number of hydrogen-bond acceptors (Lipinski definition) is 2. The minimum absolute atomic E-state index is 0.0666. The normalized spacial score (nSPS) is 11.5. The summed E-state index contributed by atoms with van der Waals surface area (Å²) in [5.41, 5.74) is 3.80. The summed E-state index contributed by atoms with van der Waals surface area (Å²) >= 11 is 22.3. The topological polar surface area (TPSA) is 54.4 Å². The van der Waals surface area contributed by atoms with Crippen molar-refractivity contribution in [2.24, 2.45) is 0 Å². The molecular formula is C26H20AsCl3O3S. The monoisotopic (exact) mass is 592 g/mol. The molecule has 0 saturated carbocycles. The Kier molecular flexibility index (Phi) is 8.92. The van der Waals surface area contributed by atoms with Crippen LogP contribution in [0.25, 0.3) is 0 Å². The standard InChI is InChI=1S/C19H12AsCl3.C7H8O3S/c20-19(13-7-1-4-10-16(13)21,14-8-2-5-11-17(14)22)15-9-3-6-12-18(15)23;1-6-2-4-7(5-3-6)11(8,9)10/h1-12H;2-5H,1H3,(H,8,9,10). The van der Waals surface area contributed by atoms with Crippen molar-refractivity contribution in [3.63, 3.8) is 0 Å². The van der Waals surface area contributed by atoms with Crippen molar-refractivity contribution in [1.29, 1.82) is 0 Å². The van der Waals surface area contributed by atoms with Crippen LogP contribution in [-0.4, -0.2) is 29.8 Å². The predicted molar refractivity (Wildman–Crippen MR) is 141 cm³/mol. The van der Waals surface area contributed by atoms with Crippen LogP contribution >= 0.6 is 34.8 Å². The summed E-state index contributed by atoms with van der Waals surface area (Å²) in [6.45, 7) is 1.84. The zero-order valence-corrected chi connectivity index (χ0v) is 23.0. The van der Waals surface area contributed by atoms with Crippen molar-refractivity contribution < 1.29 is 13.0 Å². The van der Waals surface area contributed by atoms with Crippen LogP contribution < -0.4 is 0 Å². The van der Waals surface area contributed by atoms with Crippen molar-refractivity contribution >= 4 is 61.8 Å². The van der Waals surface area contributed by atoms with Crippen molar-refractivity contribution in [3.8, 4) is 0 Å². The van der Waals surface area contributed by atoms with E-state index in [0.717, 1.165) is 22.3 Å². The zero-order valence-electron chi connectivity index (χ0n) is 18.0. The fourth-order valence-electron chi connectivity index (χ4n) is 3.41. The molecule has 4 aromatic carbocycles. The number of aryl methyl sites for hydroxylation is 1. The SMILES string of the molecule is Cc1ccc(S(=O)(=O)O)cc1.Clc1ccccc1C([As])(c1ccccc1Cl)c1ccccc1Cl. The summed E-state index contributed by atoms with van der Waals surface area (Å²) in [5.74, 6) is 0. The summed E-state index contributed by atoms with van der Waals surface area (Å²) in [6, 6.07) is 29.3. The van der Waals surface area contributed by atoms with Crippen LogP contribution in [0.1, 0.15) is 22.3 Å². The van der Waals surface area contributed by atoms with E-state index in [9.17, 15) is 8.42 Å². The van der Waals surface area contributed by atoms with E-state index < -0.39 is 14.3 Å². The minimum atomic E-state index is -4.02. The van der Waals surface area contributed by atoms with Crippen molar-refractivity contribution in [3.05, 3.63) is 134 Å². The van der Waals surface area contributed by atoms with Crippen LogP contribution in [0, 0.1) is 6.92 Å². The molecule has 0 aliphatic rings. The summed E-state index contributed by atoms with van der Waals surface area (Å²) in [4.78, 5) is -0.0666. The van der Waals surface area contributed by atoms with E-state index in [1.165, 1.54) is 12.1 Å². The van der Waals surface area contributed by atoms with E-state index in [2.05, 4.69) is 16.9 Å². The van der Waals surface area contributed by atoms with E-state index in [-0.39, 0.29) is 4.90 Å². The average molecular weight is 594 g/mol. The molecule has 0 heterocycles. The molecular weight excluding hydrogens is 574 g/mol. The van der Waals surface area contributed by atoms with Crippen molar-refractivity contribution in [2.75, 3.05) is 0 Å². The van der Waals surface area contributed by atoms with Gasteiger partial charge in [-0.3, -0.25) is 4.55 Å². The van der Waals surface area contributed by atoms with Gasteiger partial charge < -0.3 is 0 Å². The first-order valence-electron chi connectivity index (χ1n) is 10.1. The molecule has 174 valence electrons. The molecule has 0 bridgehead atoms. The van der Waals surface area contributed by atoms with Gasteiger partial charge in [-0.05, 0) is 19.1 Å². The Labute approximate surface area is 223 Å². The van der Waals surface area contributed by atoms with Gasteiger partial charge in [0.2, 0.25) is 0 Å². The van der Waals surface area contributed by atoms with Gasteiger partial charge in [-0.25, -0.2) is 0 Å². The van der Waals surface area contributed by atoms with Crippen LogP contribution in [0.2, 0.25) is 15.1 Å². The maximum atomic E-state index is 10.5. The molecule has 0 aliphatic heterocycles. The molecule has 0 fully saturated rings. The Hall–Kier alpha value is -1.78. The van der Waals surface area contributed by atoms with E-state index in [4.69, 9.17) is 39.4 Å². The Bertz CT molecular complexity index is 1280. The molecule has 0 unspecified atom stereocenters. The number of benzene rings is 4. The van der Waals surface area contributed by atoms with Crippen LogP contribution in [0.4, 0.5) is 0 Å². The number of hydrogen-bond donors (Lipinski definition) is 1. The molecule has 2 radical (unpaired) electrons. The van der Waals surface area contributed by atoms with Gasteiger partial charge in [0.05, 0.1) is 4.90 Å². The predicted octanol–water partition coefficient (Wildman–Crippen LogP) is 7.35. The van der Waals surface area contributed by atoms with Gasteiger partial charge in [0.1, 0.15) is 0 Å². The summed E-state index contributed by atoms with van der Waals surface area (Å²) < 4.78 is 28.9. The van der Waals surface area contributed by atoms with Gasteiger partial charge >= 0.3 is 160 Å². The maximum absolute atomic E-state index is 10.5. The van der Waals surface area contributed by atoms with E-state index >= 15 is 0 Å². The second-order valence-corrected chi connectivity index (χ2v) is 11.5. The van der Waals surface area contributed by atoms with Crippen LogP contribution in [0.15, 0.2) is 102 Å². The first-order valence-corrected chi connectivity index (χ1v) is 13.6. The fraction of sp³-hybridized carbons (Fsp3) is 0.0769. The zero-order chi connectivity index (χ0) is 24.9. The Morgan fingerprint density at radius 1 is 0.647 bits per heavy atom. The molecule has 0 saturated heterocycles. The van der Waals surface area contributed by atoms with E-state index in [1.807, 2.05) is 79.7 Å². The van der Waals surface area contributed by atoms with E-state index in [1.54, 1.807) is 12.1 Å². The molecule has 8 heteroatoms. The van der Waals surface area contributed by atoms with Crippen molar-refractivity contribution in [2.45, 2.75) is 16.0 Å². The van der Waals surface area contributed by atoms with E-state index in [0.29, 0.717) is 15.1 Å². The number of halogens is 3. The molecule has 1 N–H and O–H groups in total. The second-order valence-electron chi connectivity index (χ2n) is 7.44. The molecule has 34 heavy (non-hydrogen) atoms. The fourth-order valence-corrected chi connectivity index (χ4v) is 6.38. The van der Waals surface area contributed by atoms with Gasteiger partial charge in [-0.15, -0.1) is 0 Å². The Balaban J connectivity index is 0.000000248. The third-order valence-corrected chi connectivity index (χ3v) is 8.48. The summed E-state index contributed by atoms with van der Waals surface area (Å²) in [5, 5.41) is 2.02. The molecule has 0 aliphatic carbocycles. The molecule has 0 spiro atoms. The third kappa shape index (κ3) is 6.07. The average Bonchev–Trinajstić information content (AvgIpc) is 2.80. The van der Waals surface area contributed by atoms with Gasteiger partial charge in [0.15, 0.2) is 0 Å². The Morgan fingerprint density at radius 3 is 1.26 bits per heavy atom. The van der Waals surface area contributed by atoms with Gasteiger partial charge in [0.25, 0.3) is 10.1 Å². The molecule has 0 atom stereocenters. The molecule has 3 nitrogen and oxygen atoms in total. The second kappa shape index (κ2) is 11.3. The van der Waals surface area contributed by atoms with Crippen LogP contribution in [0.5, 0.6) is 0 Å². The van der Waals surface area contributed by atoms with Gasteiger partial charge in [-0.2, -0.15) is 8.42 Å². The van der Waals surface area contributed by atoms with Crippen LogP contribution in [-0.2, 0) is 14.3 Å². The van der Waals surface area contributed by atoms with Gasteiger partial charge in [-0.1, -0.05) is 17.7 Å². The van der Waals surface area contributed by atoms with Gasteiger partial charge in [0, 0.05) is 0 Å². The summed E-state index contributed by atoms with van der Waals surface area (Å²) in [7, 11) is -4.02. The Morgan fingerprint density at radius 2 is 0.971 bits per heavy atom. The number of rotatable bonds is 4. The van der Waals surface area contributed by atoms with Crippen molar-refractivity contribution in [1.82, 2.24) is 0 Å². The molecule has 0 aromatic heterocycles. The molecule has 4 aromatic rings. The molecule has 0 amide bonds. The van der Waals surface area contributed by atoms with Crippen LogP contribution in [0.3, 0.4) is 0 Å².